The van der Waals surface area contributed by atoms with Gasteiger partial charge in [-0.1, -0.05) is 12.1 Å². The molecule has 0 saturated carbocycles. The number of aryl methyl sites for hydroxylation is 1. The van der Waals surface area contributed by atoms with Gasteiger partial charge in [-0.05, 0) is 31.5 Å². The zero-order valence-corrected chi connectivity index (χ0v) is 13.0. The van der Waals surface area contributed by atoms with Crippen LogP contribution < -0.4 is 14.8 Å². The fourth-order valence-electron chi connectivity index (χ4n) is 2.04. The first-order chi connectivity index (χ1) is 10.7. The molecule has 0 aliphatic heterocycles. The summed E-state index contributed by atoms with van der Waals surface area (Å²) in [6.45, 7) is 4.92. The second-order valence-corrected chi connectivity index (χ2v) is 4.76. The number of hydrogen-bond acceptors (Lipinski definition) is 5. The molecule has 114 valence electrons. The Labute approximate surface area is 130 Å². The van der Waals surface area contributed by atoms with E-state index in [1.54, 1.807) is 13.2 Å². The van der Waals surface area contributed by atoms with Crippen LogP contribution in [0.2, 0.25) is 0 Å². The van der Waals surface area contributed by atoms with Gasteiger partial charge in [0.05, 0.1) is 7.11 Å². The molecular weight excluding hydrogens is 278 g/mol. The SMILES string of the molecule is CCNc1nc(C)cc(OCc2ccc(OC)cc2)c1C#N. The number of methoxy groups -OCH3 is 1. The fraction of sp³-hybridized carbons (Fsp3) is 0.294. The molecule has 2 rings (SSSR count). The van der Waals surface area contributed by atoms with Crippen molar-refractivity contribution >= 4 is 5.82 Å². The molecule has 0 spiro atoms. The lowest BCUT2D eigenvalue weighted by Gasteiger charge is -2.12. The summed E-state index contributed by atoms with van der Waals surface area (Å²) in [6, 6.07) is 11.6. The Morgan fingerprint density at radius 1 is 1.27 bits per heavy atom. The lowest BCUT2D eigenvalue weighted by molar-refractivity contribution is 0.304. The van der Waals surface area contributed by atoms with Crippen molar-refractivity contribution in [2.24, 2.45) is 0 Å². The maximum atomic E-state index is 9.36. The van der Waals surface area contributed by atoms with E-state index in [4.69, 9.17) is 9.47 Å². The monoisotopic (exact) mass is 297 g/mol. The average molecular weight is 297 g/mol. The number of anilines is 1. The Morgan fingerprint density at radius 3 is 2.59 bits per heavy atom. The summed E-state index contributed by atoms with van der Waals surface area (Å²) >= 11 is 0. The van der Waals surface area contributed by atoms with E-state index in [0.717, 1.165) is 17.0 Å². The molecule has 1 N–H and O–H groups in total. The predicted octanol–water partition coefficient (Wildman–Crippen LogP) is 3.28. The van der Waals surface area contributed by atoms with Gasteiger partial charge in [-0.25, -0.2) is 4.98 Å². The fourth-order valence-corrected chi connectivity index (χ4v) is 2.04. The molecule has 0 aliphatic rings. The number of nitrogens with one attached hydrogen (secondary N) is 1. The second-order valence-electron chi connectivity index (χ2n) is 4.76. The Balaban J connectivity index is 2.19. The molecule has 0 aliphatic carbocycles. The highest BCUT2D eigenvalue weighted by molar-refractivity contribution is 5.60. The van der Waals surface area contributed by atoms with Crippen molar-refractivity contribution in [3.8, 4) is 17.6 Å². The number of nitrogens with zero attached hydrogens (tertiary/aromatic N) is 2. The van der Waals surface area contributed by atoms with Gasteiger partial charge in [0, 0.05) is 18.3 Å². The zero-order valence-electron chi connectivity index (χ0n) is 13.0. The van der Waals surface area contributed by atoms with E-state index in [2.05, 4.69) is 16.4 Å². The molecule has 5 nitrogen and oxygen atoms in total. The molecule has 0 amide bonds. The summed E-state index contributed by atoms with van der Waals surface area (Å²) in [5, 5.41) is 12.4. The Bertz CT molecular complexity index is 676. The molecule has 5 heteroatoms. The Hall–Kier alpha value is -2.74. The van der Waals surface area contributed by atoms with Crippen LogP contribution >= 0.6 is 0 Å². The number of ether oxygens (including phenoxy) is 2. The number of pyridine rings is 1. The molecule has 0 saturated heterocycles. The van der Waals surface area contributed by atoms with Crippen LogP contribution in [0.25, 0.3) is 0 Å². The van der Waals surface area contributed by atoms with Gasteiger partial charge in [0.1, 0.15) is 35.6 Å². The minimum Gasteiger partial charge on any atom is -0.497 e. The first kappa shape index (κ1) is 15.6. The maximum absolute atomic E-state index is 9.36. The number of nitriles is 1. The van der Waals surface area contributed by atoms with Gasteiger partial charge in [0.25, 0.3) is 0 Å². The average Bonchev–Trinajstić information content (AvgIpc) is 2.53. The van der Waals surface area contributed by atoms with Gasteiger partial charge in [0.15, 0.2) is 0 Å². The summed E-state index contributed by atoms with van der Waals surface area (Å²) < 4.78 is 10.9. The summed E-state index contributed by atoms with van der Waals surface area (Å²) in [7, 11) is 1.63. The molecule has 1 aromatic carbocycles. The molecule has 0 unspecified atom stereocenters. The van der Waals surface area contributed by atoms with Crippen LogP contribution in [0, 0.1) is 18.3 Å². The van der Waals surface area contributed by atoms with E-state index in [1.165, 1.54) is 0 Å². The van der Waals surface area contributed by atoms with E-state index >= 15 is 0 Å². The minimum absolute atomic E-state index is 0.383. The Morgan fingerprint density at radius 2 is 2.00 bits per heavy atom. The van der Waals surface area contributed by atoms with Crippen molar-refractivity contribution in [2.75, 3.05) is 19.0 Å². The molecule has 1 aromatic heterocycles. The normalized spacial score (nSPS) is 9.91. The number of benzene rings is 1. The van der Waals surface area contributed by atoms with Crippen molar-refractivity contribution in [1.82, 2.24) is 4.98 Å². The number of aromatic nitrogens is 1. The van der Waals surface area contributed by atoms with E-state index in [9.17, 15) is 5.26 Å². The van der Waals surface area contributed by atoms with E-state index in [0.29, 0.717) is 30.3 Å². The van der Waals surface area contributed by atoms with Crippen molar-refractivity contribution in [2.45, 2.75) is 20.5 Å². The molecule has 22 heavy (non-hydrogen) atoms. The molecule has 0 atom stereocenters. The van der Waals surface area contributed by atoms with Gasteiger partial charge in [-0.3, -0.25) is 0 Å². The molecule has 1 heterocycles. The number of rotatable bonds is 6. The lowest BCUT2D eigenvalue weighted by atomic mass is 10.2. The lowest BCUT2D eigenvalue weighted by Crippen LogP contribution is -2.06. The summed E-state index contributed by atoms with van der Waals surface area (Å²) in [5.74, 6) is 1.91. The van der Waals surface area contributed by atoms with Crippen LogP contribution in [-0.4, -0.2) is 18.6 Å². The summed E-state index contributed by atoms with van der Waals surface area (Å²) in [4.78, 5) is 4.34. The quantitative estimate of drug-likeness (QED) is 0.886. The predicted molar refractivity (Wildman–Crippen MR) is 85.2 cm³/mol. The highest BCUT2D eigenvalue weighted by Gasteiger charge is 2.12. The van der Waals surface area contributed by atoms with Crippen LogP contribution in [0.15, 0.2) is 30.3 Å². The van der Waals surface area contributed by atoms with E-state index in [1.807, 2.05) is 38.1 Å². The molecule has 0 radical (unpaired) electrons. The third-order valence-electron chi connectivity index (χ3n) is 3.12. The molecule has 0 bridgehead atoms. The number of hydrogen-bond donors (Lipinski definition) is 1. The van der Waals surface area contributed by atoms with E-state index < -0.39 is 0 Å². The van der Waals surface area contributed by atoms with Crippen molar-refractivity contribution in [3.63, 3.8) is 0 Å². The summed E-state index contributed by atoms with van der Waals surface area (Å²) in [5.41, 5.74) is 2.24. The van der Waals surface area contributed by atoms with Crippen molar-refractivity contribution in [3.05, 3.63) is 47.2 Å². The zero-order chi connectivity index (χ0) is 15.9. The smallest absolute Gasteiger partial charge is 0.148 e. The van der Waals surface area contributed by atoms with Crippen LogP contribution in [0.3, 0.4) is 0 Å². The van der Waals surface area contributed by atoms with Gasteiger partial charge >= 0.3 is 0 Å². The molecular formula is C17H19N3O2. The second kappa shape index (κ2) is 7.32. The van der Waals surface area contributed by atoms with Crippen LogP contribution in [0.4, 0.5) is 5.82 Å². The van der Waals surface area contributed by atoms with Gasteiger partial charge < -0.3 is 14.8 Å². The van der Waals surface area contributed by atoms with Crippen LogP contribution in [0.1, 0.15) is 23.7 Å². The van der Waals surface area contributed by atoms with Gasteiger partial charge in [0.2, 0.25) is 0 Å². The van der Waals surface area contributed by atoms with Crippen molar-refractivity contribution in [1.29, 1.82) is 5.26 Å². The first-order valence-corrected chi connectivity index (χ1v) is 7.09. The van der Waals surface area contributed by atoms with Crippen LogP contribution in [0.5, 0.6) is 11.5 Å². The van der Waals surface area contributed by atoms with E-state index in [-0.39, 0.29) is 0 Å². The topological polar surface area (TPSA) is 67.2 Å². The van der Waals surface area contributed by atoms with Gasteiger partial charge in [-0.2, -0.15) is 5.26 Å². The maximum Gasteiger partial charge on any atom is 0.148 e. The van der Waals surface area contributed by atoms with Crippen molar-refractivity contribution < 1.29 is 9.47 Å². The third-order valence-corrected chi connectivity index (χ3v) is 3.12. The standard InChI is InChI=1S/C17H19N3O2/c1-4-19-17-15(10-18)16(9-12(2)20-17)22-11-13-5-7-14(21-3)8-6-13/h5-9H,4,11H2,1-3H3,(H,19,20). The summed E-state index contributed by atoms with van der Waals surface area (Å²) in [6.07, 6.45) is 0. The highest BCUT2D eigenvalue weighted by Crippen LogP contribution is 2.26. The first-order valence-electron chi connectivity index (χ1n) is 7.09. The molecule has 0 fully saturated rings. The van der Waals surface area contributed by atoms with Gasteiger partial charge in [-0.15, -0.1) is 0 Å². The highest BCUT2D eigenvalue weighted by atomic mass is 16.5. The minimum atomic E-state index is 0.383. The third kappa shape index (κ3) is 3.67. The largest absolute Gasteiger partial charge is 0.497 e. The van der Waals surface area contributed by atoms with Crippen LogP contribution in [-0.2, 0) is 6.61 Å². The molecule has 2 aromatic rings. The Kier molecular flexibility index (Phi) is 5.21.